The van der Waals surface area contributed by atoms with Gasteiger partial charge in [0.25, 0.3) is 0 Å². The standard InChI is InChI=1S/C10H21NO/c1-4-9-6-10(8-12-5-2)11(3)7-9/h9-10H,4-8H2,1-3H3. The number of likely N-dealkylation sites (N-methyl/N-ethyl adjacent to an activating group) is 1. The molecular weight excluding hydrogens is 150 g/mol. The van der Waals surface area contributed by atoms with Crippen LogP contribution in [0.2, 0.25) is 0 Å². The van der Waals surface area contributed by atoms with Crippen LogP contribution in [0.5, 0.6) is 0 Å². The average molecular weight is 171 g/mol. The zero-order chi connectivity index (χ0) is 8.97. The van der Waals surface area contributed by atoms with E-state index in [-0.39, 0.29) is 0 Å². The molecule has 1 saturated heterocycles. The lowest BCUT2D eigenvalue weighted by Crippen LogP contribution is -2.29. The molecule has 2 atom stereocenters. The number of likely N-dealkylation sites (tertiary alicyclic amines) is 1. The van der Waals surface area contributed by atoms with Gasteiger partial charge in [-0.15, -0.1) is 0 Å². The van der Waals surface area contributed by atoms with E-state index in [1.54, 1.807) is 0 Å². The zero-order valence-electron chi connectivity index (χ0n) is 8.55. The van der Waals surface area contributed by atoms with E-state index in [0.29, 0.717) is 6.04 Å². The quantitative estimate of drug-likeness (QED) is 0.639. The molecule has 2 nitrogen and oxygen atoms in total. The predicted molar refractivity (Wildman–Crippen MR) is 51.3 cm³/mol. The highest BCUT2D eigenvalue weighted by Gasteiger charge is 2.27. The highest BCUT2D eigenvalue weighted by atomic mass is 16.5. The Hall–Kier alpha value is -0.0800. The molecule has 72 valence electrons. The molecule has 1 fully saturated rings. The Labute approximate surface area is 75.9 Å². The van der Waals surface area contributed by atoms with E-state index >= 15 is 0 Å². The second-order valence-electron chi connectivity index (χ2n) is 3.76. The fourth-order valence-corrected chi connectivity index (χ4v) is 1.94. The van der Waals surface area contributed by atoms with Crippen molar-refractivity contribution in [2.75, 3.05) is 26.8 Å². The van der Waals surface area contributed by atoms with Crippen molar-refractivity contribution >= 4 is 0 Å². The van der Waals surface area contributed by atoms with Crippen LogP contribution in [-0.2, 0) is 4.74 Å². The summed E-state index contributed by atoms with van der Waals surface area (Å²) in [7, 11) is 2.21. The summed E-state index contributed by atoms with van der Waals surface area (Å²) < 4.78 is 5.44. The van der Waals surface area contributed by atoms with Gasteiger partial charge in [-0.25, -0.2) is 0 Å². The molecule has 0 aromatic carbocycles. The third kappa shape index (κ3) is 2.46. The number of ether oxygens (including phenoxy) is 1. The second kappa shape index (κ2) is 4.83. The molecule has 0 radical (unpaired) electrons. The van der Waals surface area contributed by atoms with Crippen LogP contribution in [0.3, 0.4) is 0 Å². The van der Waals surface area contributed by atoms with E-state index < -0.39 is 0 Å². The third-order valence-corrected chi connectivity index (χ3v) is 2.87. The molecule has 0 N–H and O–H groups in total. The molecule has 0 bridgehead atoms. The van der Waals surface area contributed by atoms with Crippen LogP contribution in [0.15, 0.2) is 0 Å². The van der Waals surface area contributed by atoms with Gasteiger partial charge in [-0.1, -0.05) is 13.3 Å². The highest BCUT2D eigenvalue weighted by molar-refractivity contribution is 4.82. The van der Waals surface area contributed by atoms with Crippen molar-refractivity contribution < 1.29 is 4.74 Å². The number of rotatable bonds is 4. The topological polar surface area (TPSA) is 12.5 Å². The van der Waals surface area contributed by atoms with E-state index in [1.165, 1.54) is 19.4 Å². The summed E-state index contributed by atoms with van der Waals surface area (Å²) in [6, 6.07) is 0.676. The summed E-state index contributed by atoms with van der Waals surface area (Å²) in [4.78, 5) is 2.43. The van der Waals surface area contributed by atoms with Gasteiger partial charge in [-0.05, 0) is 26.3 Å². The van der Waals surface area contributed by atoms with Gasteiger partial charge in [0, 0.05) is 19.2 Å². The molecule has 1 rings (SSSR count). The molecule has 1 aliphatic heterocycles. The first-order valence-corrected chi connectivity index (χ1v) is 5.05. The van der Waals surface area contributed by atoms with E-state index in [0.717, 1.165) is 19.1 Å². The molecule has 0 amide bonds. The van der Waals surface area contributed by atoms with Crippen LogP contribution in [-0.4, -0.2) is 37.7 Å². The lowest BCUT2D eigenvalue weighted by Gasteiger charge is -2.18. The first kappa shape index (κ1) is 10.0. The van der Waals surface area contributed by atoms with E-state index in [2.05, 4.69) is 25.8 Å². The van der Waals surface area contributed by atoms with Crippen LogP contribution in [0, 0.1) is 5.92 Å². The van der Waals surface area contributed by atoms with Crippen molar-refractivity contribution in [2.24, 2.45) is 5.92 Å². The van der Waals surface area contributed by atoms with Gasteiger partial charge < -0.3 is 9.64 Å². The van der Waals surface area contributed by atoms with Crippen LogP contribution >= 0.6 is 0 Å². The largest absolute Gasteiger partial charge is 0.380 e. The Morgan fingerprint density at radius 3 is 2.67 bits per heavy atom. The molecule has 0 aromatic heterocycles. The van der Waals surface area contributed by atoms with Crippen LogP contribution in [0.25, 0.3) is 0 Å². The predicted octanol–water partition coefficient (Wildman–Crippen LogP) is 1.75. The van der Waals surface area contributed by atoms with Crippen molar-refractivity contribution in [1.29, 1.82) is 0 Å². The fourth-order valence-electron chi connectivity index (χ4n) is 1.94. The smallest absolute Gasteiger partial charge is 0.0621 e. The van der Waals surface area contributed by atoms with Gasteiger partial charge in [-0.2, -0.15) is 0 Å². The Balaban J connectivity index is 2.25. The Kier molecular flexibility index (Phi) is 4.02. The molecule has 2 unspecified atom stereocenters. The second-order valence-corrected chi connectivity index (χ2v) is 3.76. The minimum atomic E-state index is 0.676. The van der Waals surface area contributed by atoms with Crippen molar-refractivity contribution in [1.82, 2.24) is 4.90 Å². The Bertz CT molecular complexity index is 127. The number of nitrogens with zero attached hydrogens (tertiary/aromatic N) is 1. The molecule has 0 saturated carbocycles. The maximum Gasteiger partial charge on any atom is 0.0621 e. The highest BCUT2D eigenvalue weighted by Crippen LogP contribution is 2.23. The minimum Gasteiger partial charge on any atom is -0.380 e. The molecule has 1 aliphatic rings. The van der Waals surface area contributed by atoms with E-state index in [4.69, 9.17) is 4.74 Å². The van der Waals surface area contributed by atoms with Gasteiger partial charge in [0.2, 0.25) is 0 Å². The normalized spacial score (nSPS) is 31.2. The maximum absolute atomic E-state index is 5.44. The molecule has 12 heavy (non-hydrogen) atoms. The zero-order valence-corrected chi connectivity index (χ0v) is 8.55. The number of hydrogen-bond acceptors (Lipinski definition) is 2. The summed E-state index contributed by atoms with van der Waals surface area (Å²) in [6.07, 6.45) is 2.64. The van der Waals surface area contributed by atoms with Gasteiger partial charge in [0.05, 0.1) is 6.61 Å². The van der Waals surface area contributed by atoms with Crippen molar-refractivity contribution in [3.8, 4) is 0 Å². The Morgan fingerprint density at radius 2 is 2.17 bits per heavy atom. The summed E-state index contributed by atoms with van der Waals surface area (Å²) in [5.74, 6) is 0.903. The fraction of sp³-hybridized carbons (Fsp3) is 1.00. The first-order chi connectivity index (χ1) is 5.77. The van der Waals surface area contributed by atoms with Gasteiger partial charge >= 0.3 is 0 Å². The van der Waals surface area contributed by atoms with Crippen molar-refractivity contribution in [3.63, 3.8) is 0 Å². The molecule has 0 spiro atoms. The van der Waals surface area contributed by atoms with E-state index in [9.17, 15) is 0 Å². The van der Waals surface area contributed by atoms with Gasteiger partial charge in [0.1, 0.15) is 0 Å². The molecule has 0 aromatic rings. The molecule has 1 heterocycles. The van der Waals surface area contributed by atoms with Crippen molar-refractivity contribution in [2.45, 2.75) is 32.7 Å². The monoisotopic (exact) mass is 171 g/mol. The molecular formula is C10H21NO. The van der Waals surface area contributed by atoms with Crippen molar-refractivity contribution in [3.05, 3.63) is 0 Å². The number of hydrogen-bond donors (Lipinski definition) is 0. The SMILES string of the molecule is CCOCC1CC(CC)CN1C. The van der Waals surface area contributed by atoms with Gasteiger partial charge in [-0.3, -0.25) is 0 Å². The third-order valence-electron chi connectivity index (χ3n) is 2.87. The molecule has 2 heteroatoms. The summed E-state index contributed by atoms with van der Waals surface area (Å²) in [6.45, 7) is 7.37. The Morgan fingerprint density at radius 1 is 1.42 bits per heavy atom. The maximum atomic E-state index is 5.44. The van der Waals surface area contributed by atoms with Gasteiger partial charge in [0.15, 0.2) is 0 Å². The van der Waals surface area contributed by atoms with Crippen LogP contribution in [0.1, 0.15) is 26.7 Å². The average Bonchev–Trinajstić information content (AvgIpc) is 2.43. The molecule has 0 aliphatic carbocycles. The minimum absolute atomic E-state index is 0.676. The lowest BCUT2D eigenvalue weighted by atomic mass is 10.0. The van der Waals surface area contributed by atoms with Crippen LogP contribution < -0.4 is 0 Å². The van der Waals surface area contributed by atoms with E-state index in [1.807, 2.05) is 0 Å². The summed E-state index contributed by atoms with van der Waals surface area (Å²) in [5.41, 5.74) is 0. The lowest BCUT2D eigenvalue weighted by molar-refractivity contribution is 0.0949. The first-order valence-electron chi connectivity index (χ1n) is 5.05. The summed E-state index contributed by atoms with van der Waals surface area (Å²) >= 11 is 0. The summed E-state index contributed by atoms with van der Waals surface area (Å²) in [5, 5.41) is 0. The van der Waals surface area contributed by atoms with Crippen LogP contribution in [0.4, 0.5) is 0 Å².